The number of likely N-dealkylation sites (N-methyl/N-ethyl adjacent to an activating group) is 1. The molecule has 0 atom stereocenters. The van der Waals surface area contributed by atoms with Crippen LogP contribution in [0.25, 0.3) is 16.3 Å². The third-order valence-electron chi connectivity index (χ3n) is 5.87. The molecule has 3 aromatic rings. The number of nitrogens with one attached hydrogen (secondary N) is 2. The molecule has 2 aromatic carbocycles. The fraction of sp³-hybridized carbons (Fsp3) is 0.250. The summed E-state index contributed by atoms with van der Waals surface area (Å²) in [6.45, 7) is 2.77. The van der Waals surface area contributed by atoms with E-state index < -0.39 is 0 Å². The molecule has 2 N–H and O–H groups in total. The Balaban J connectivity index is 1.38. The van der Waals surface area contributed by atoms with Crippen molar-refractivity contribution in [3.05, 3.63) is 77.1 Å². The van der Waals surface area contributed by atoms with Crippen molar-refractivity contribution in [1.82, 2.24) is 20.3 Å². The molecule has 0 bridgehead atoms. The second kappa shape index (κ2) is 7.55. The van der Waals surface area contributed by atoms with Crippen LogP contribution in [-0.4, -0.2) is 48.0 Å². The Morgan fingerprint density at radius 2 is 1.97 bits per heavy atom. The summed E-state index contributed by atoms with van der Waals surface area (Å²) < 4.78 is 0. The number of hydrogen-bond donors (Lipinski definition) is 2. The zero-order valence-electron chi connectivity index (χ0n) is 17.3. The number of hydrazine groups is 1. The molecular formula is C24H25N5O. The first-order chi connectivity index (χ1) is 14.5. The van der Waals surface area contributed by atoms with Gasteiger partial charge < -0.3 is 15.2 Å². The molecular weight excluding hydrogens is 374 g/mol. The van der Waals surface area contributed by atoms with Gasteiger partial charge in [-0.25, -0.2) is 10.4 Å². The number of rotatable bonds is 3. The Kier molecular flexibility index (Phi) is 4.73. The molecule has 0 spiro atoms. The van der Waals surface area contributed by atoms with Gasteiger partial charge in [0, 0.05) is 50.0 Å². The molecule has 0 saturated carbocycles. The zero-order valence-corrected chi connectivity index (χ0v) is 17.3. The van der Waals surface area contributed by atoms with E-state index in [-0.39, 0.29) is 5.91 Å². The van der Waals surface area contributed by atoms with Gasteiger partial charge in [-0.2, -0.15) is 0 Å². The van der Waals surface area contributed by atoms with Crippen LogP contribution in [0, 0.1) is 0 Å². The number of carbonyl (C=O) groups is 1. The second-order valence-electron chi connectivity index (χ2n) is 8.16. The second-order valence-corrected chi connectivity index (χ2v) is 8.16. The summed E-state index contributed by atoms with van der Waals surface area (Å²) in [5.74, 6) is 0.446. The molecule has 0 radical (unpaired) electrons. The molecule has 1 amide bonds. The smallest absolute Gasteiger partial charge is 0.256 e. The van der Waals surface area contributed by atoms with Crippen LogP contribution in [0.15, 0.2) is 54.9 Å². The molecule has 3 heterocycles. The van der Waals surface area contributed by atoms with E-state index in [4.69, 9.17) is 0 Å². The number of carbonyl (C=O) groups excluding carboxylic acids is 1. The quantitative estimate of drug-likeness (QED) is 0.708. The molecule has 152 valence electrons. The third kappa shape index (κ3) is 3.67. The molecule has 5 rings (SSSR count). The van der Waals surface area contributed by atoms with Crippen molar-refractivity contribution < 1.29 is 4.79 Å². The molecule has 6 nitrogen and oxygen atoms in total. The van der Waals surface area contributed by atoms with E-state index in [1.807, 2.05) is 36.5 Å². The van der Waals surface area contributed by atoms with Crippen molar-refractivity contribution in [1.29, 1.82) is 0 Å². The van der Waals surface area contributed by atoms with E-state index in [2.05, 4.69) is 58.1 Å². The van der Waals surface area contributed by atoms with Crippen molar-refractivity contribution in [2.75, 3.05) is 32.5 Å². The summed E-state index contributed by atoms with van der Waals surface area (Å²) in [6.07, 6.45) is 4.88. The van der Waals surface area contributed by atoms with Crippen LogP contribution in [0.1, 0.15) is 27.0 Å². The van der Waals surface area contributed by atoms with Gasteiger partial charge >= 0.3 is 0 Å². The Morgan fingerprint density at radius 1 is 1.07 bits per heavy atom. The maximum Gasteiger partial charge on any atom is 0.256 e. The first-order valence-electron chi connectivity index (χ1n) is 10.2. The van der Waals surface area contributed by atoms with Crippen LogP contribution in [-0.2, 0) is 13.0 Å². The Labute approximate surface area is 176 Å². The monoisotopic (exact) mass is 399 g/mol. The van der Waals surface area contributed by atoms with Crippen molar-refractivity contribution in [2.24, 2.45) is 0 Å². The first-order valence-corrected chi connectivity index (χ1v) is 10.2. The number of fused-ring (bicyclic) bond motifs is 2. The summed E-state index contributed by atoms with van der Waals surface area (Å²) in [7, 11) is 4.11. The van der Waals surface area contributed by atoms with Gasteiger partial charge in [-0.3, -0.25) is 4.79 Å². The lowest BCUT2D eigenvalue weighted by Crippen LogP contribution is -2.27. The van der Waals surface area contributed by atoms with E-state index in [1.165, 1.54) is 22.3 Å². The fourth-order valence-electron chi connectivity index (χ4n) is 4.14. The lowest BCUT2D eigenvalue weighted by atomic mass is 9.97. The summed E-state index contributed by atoms with van der Waals surface area (Å²) >= 11 is 0. The fourth-order valence-corrected chi connectivity index (χ4v) is 4.14. The average Bonchev–Trinajstić information content (AvgIpc) is 3.19. The van der Waals surface area contributed by atoms with Gasteiger partial charge in [0.1, 0.15) is 5.82 Å². The number of benzene rings is 2. The summed E-state index contributed by atoms with van der Waals surface area (Å²) in [5, 5.41) is 7.04. The number of hydrogen-bond acceptors (Lipinski definition) is 5. The molecule has 2 aliphatic rings. The number of pyridine rings is 1. The summed E-state index contributed by atoms with van der Waals surface area (Å²) in [4.78, 5) is 19.6. The van der Waals surface area contributed by atoms with Gasteiger partial charge in [-0.05, 0) is 65.4 Å². The third-order valence-corrected chi connectivity index (χ3v) is 5.87. The summed E-state index contributed by atoms with van der Waals surface area (Å²) in [5.41, 5.74) is 8.92. The van der Waals surface area contributed by atoms with E-state index in [1.54, 1.807) is 0 Å². The van der Waals surface area contributed by atoms with Crippen molar-refractivity contribution in [3.63, 3.8) is 0 Å². The lowest BCUT2D eigenvalue weighted by Gasteiger charge is -2.25. The summed E-state index contributed by atoms with van der Waals surface area (Å²) in [6, 6.07) is 14.3. The van der Waals surface area contributed by atoms with Crippen LogP contribution in [0.3, 0.4) is 0 Å². The Bertz CT molecular complexity index is 1170. The Hall–Kier alpha value is -3.22. The van der Waals surface area contributed by atoms with E-state index >= 15 is 0 Å². The minimum Gasteiger partial charge on any atom is -0.318 e. The van der Waals surface area contributed by atoms with Gasteiger partial charge in [-0.15, -0.1) is 0 Å². The zero-order chi connectivity index (χ0) is 20.7. The largest absolute Gasteiger partial charge is 0.318 e. The van der Waals surface area contributed by atoms with Crippen molar-refractivity contribution in [3.8, 4) is 0 Å². The molecule has 6 heteroatoms. The van der Waals surface area contributed by atoms with Gasteiger partial charge in [0.15, 0.2) is 0 Å². The minimum absolute atomic E-state index is 0.121. The highest BCUT2D eigenvalue weighted by atomic mass is 16.1. The maximum absolute atomic E-state index is 12.8. The maximum atomic E-state index is 12.8. The van der Waals surface area contributed by atoms with Crippen LogP contribution in [0.2, 0.25) is 0 Å². The lowest BCUT2D eigenvalue weighted by molar-refractivity contribution is 0.102. The van der Waals surface area contributed by atoms with Gasteiger partial charge in [0.2, 0.25) is 0 Å². The molecule has 1 aromatic heterocycles. The van der Waals surface area contributed by atoms with Crippen molar-refractivity contribution in [2.45, 2.75) is 13.0 Å². The molecule has 0 aliphatic carbocycles. The Morgan fingerprint density at radius 3 is 2.80 bits per heavy atom. The van der Waals surface area contributed by atoms with E-state index in [0.29, 0.717) is 11.4 Å². The molecule has 0 fully saturated rings. The number of amides is 1. The first kappa shape index (κ1) is 18.8. The van der Waals surface area contributed by atoms with Crippen LogP contribution in [0.5, 0.6) is 0 Å². The van der Waals surface area contributed by atoms with Crippen LogP contribution in [0.4, 0.5) is 5.82 Å². The standard InChI is InChI=1S/C24H25N5O/c1-28-8-7-17-9-18(4-6-20(17)14-28)24(30)27-23-11-21-10-16(3-5-19(21)12-25-23)22-13-26-29(2)15-22/h3-6,9-12,15,26H,7-8,13-14H2,1-2H3,(H,25,27,30). The number of nitrogens with zero attached hydrogens (tertiary/aromatic N) is 3. The topological polar surface area (TPSA) is 60.5 Å². The highest BCUT2D eigenvalue weighted by Gasteiger charge is 2.16. The van der Waals surface area contributed by atoms with E-state index in [0.717, 1.165) is 36.8 Å². The SMILES string of the molecule is CN1CCc2cc(C(=O)Nc3cc4cc(C5=CN(C)NC5)ccc4cn3)ccc2C1. The highest BCUT2D eigenvalue weighted by molar-refractivity contribution is 6.04. The van der Waals surface area contributed by atoms with Crippen LogP contribution < -0.4 is 10.7 Å². The minimum atomic E-state index is -0.121. The van der Waals surface area contributed by atoms with Crippen molar-refractivity contribution >= 4 is 28.1 Å². The molecule has 2 aliphatic heterocycles. The predicted octanol–water partition coefficient (Wildman–Crippen LogP) is 3.27. The molecule has 0 unspecified atom stereocenters. The van der Waals surface area contributed by atoms with Gasteiger partial charge in [0.05, 0.1) is 0 Å². The van der Waals surface area contributed by atoms with Gasteiger partial charge in [-0.1, -0.05) is 18.2 Å². The average molecular weight is 399 g/mol. The van der Waals surface area contributed by atoms with Gasteiger partial charge in [0.25, 0.3) is 5.91 Å². The predicted molar refractivity (Wildman–Crippen MR) is 120 cm³/mol. The molecule has 0 saturated heterocycles. The number of anilines is 1. The number of aromatic nitrogens is 1. The normalized spacial score (nSPS) is 16.5. The van der Waals surface area contributed by atoms with Crippen LogP contribution >= 0.6 is 0 Å². The van der Waals surface area contributed by atoms with E-state index in [9.17, 15) is 4.79 Å². The highest BCUT2D eigenvalue weighted by Crippen LogP contribution is 2.25. The molecule has 30 heavy (non-hydrogen) atoms.